The molecule has 2 aromatic rings. The Morgan fingerprint density at radius 3 is 2.55 bits per heavy atom. The zero-order valence-electron chi connectivity index (χ0n) is 16.4. The van der Waals surface area contributed by atoms with Crippen LogP contribution in [-0.4, -0.2) is 38.3 Å². The van der Waals surface area contributed by atoms with E-state index in [0.29, 0.717) is 18.8 Å². The summed E-state index contributed by atoms with van der Waals surface area (Å²) in [5, 5.41) is 5.75. The van der Waals surface area contributed by atoms with Gasteiger partial charge >= 0.3 is 0 Å². The second-order valence-electron chi connectivity index (χ2n) is 7.20. The molecule has 156 valence electrons. The van der Waals surface area contributed by atoms with Crippen LogP contribution in [-0.2, 0) is 14.8 Å². The van der Waals surface area contributed by atoms with E-state index in [1.54, 1.807) is 30.3 Å². The fourth-order valence-electron chi connectivity index (χ4n) is 3.33. The minimum atomic E-state index is -3.56. The highest BCUT2D eigenvalue weighted by Crippen LogP contribution is 2.23. The number of carbonyl (C=O) groups is 1. The molecule has 0 saturated carbocycles. The van der Waals surface area contributed by atoms with Crippen LogP contribution in [0.3, 0.4) is 0 Å². The highest BCUT2D eigenvalue weighted by molar-refractivity contribution is 7.89. The summed E-state index contributed by atoms with van der Waals surface area (Å²) in [6, 6.07) is 12.3. The first-order chi connectivity index (χ1) is 13.9. The Balaban J connectivity index is 1.60. The van der Waals surface area contributed by atoms with Gasteiger partial charge in [0.2, 0.25) is 15.9 Å². The van der Waals surface area contributed by atoms with E-state index in [0.717, 1.165) is 24.8 Å². The zero-order chi connectivity index (χ0) is 20.9. The molecule has 1 heterocycles. The molecule has 1 fully saturated rings. The molecule has 0 radical (unpaired) electrons. The molecule has 0 aliphatic carbocycles. The molecule has 1 atom stereocenters. The summed E-state index contributed by atoms with van der Waals surface area (Å²) in [4.78, 5) is 12.4. The number of halogens is 1. The lowest BCUT2D eigenvalue weighted by atomic mass is 10.1. The van der Waals surface area contributed by atoms with Crippen LogP contribution in [0.1, 0.15) is 37.8 Å². The van der Waals surface area contributed by atoms with Crippen LogP contribution in [0, 0.1) is 5.82 Å². The number of hydrogen-bond donors (Lipinski definition) is 2. The Morgan fingerprint density at radius 1 is 1.10 bits per heavy atom. The Hall–Kier alpha value is -2.29. The van der Waals surface area contributed by atoms with Gasteiger partial charge in [-0.15, -0.1) is 0 Å². The summed E-state index contributed by atoms with van der Waals surface area (Å²) >= 11 is 0. The van der Waals surface area contributed by atoms with E-state index in [1.807, 2.05) is 6.92 Å². The Bertz CT molecular complexity index is 959. The number of hydrogen-bond acceptors (Lipinski definition) is 4. The maximum Gasteiger partial charge on any atom is 0.243 e. The van der Waals surface area contributed by atoms with Crippen molar-refractivity contribution in [1.29, 1.82) is 0 Å². The van der Waals surface area contributed by atoms with Crippen molar-refractivity contribution >= 4 is 21.6 Å². The number of anilines is 1. The van der Waals surface area contributed by atoms with E-state index >= 15 is 0 Å². The minimum absolute atomic E-state index is 0.0147. The van der Waals surface area contributed by atoms with Crippen molar-refractivity contribution in [3.8, 4) is 0 Å². The lowest BCUT2D eigenvalue weighted by molar-refractivity contribution is -0.115. The van der Waals surface area contributed by atoms with Crippen molar-refractivity contribution in [1.82, 2.24) is 9.62 Å². The SMILES string of the molecule is CC(NCC(=O)Nc1cccc(S(=O)(=O)N2CCCCC2)c1)c1cccc(F)c1. The zero-order valence-corrected chi connectivity index (χ0v) is 17.2. The number of nitrogens with one attached hydrogen (secondary N) is 2. The van der Waals surface area contributed by atoms with Gasteiger partial charge in [-0.1, -0.05) is 24.6 Å². The highest BCUT2D eigenvalue weighted by atomic mass is 32.2. The summed E-state index contributed by atoms with van der Waals surface area (Å²) in [5.74, 6) is -0.631. The van der Waals surface area contributed by atoms with Crippen molar-refractivity contribution in [3.63, 3.8) is 0 Å². The quantitative estimate of drug-likeness (QED) is 0.722. The highest BCUT2D eigenvalue weighted by Gasteiger charge is 2.26. The van der Waals surface area contributed by atoms with E-state index in [9.17, 15) is 17.6 Å². The van der Waals surface area contributed by atoms with Crippen molar-refractivity contribution < 1.29 is 17.6 Å². The molecule has 1 aliphatic heterocycles. The van der Waals surface area contributed by atoms with Crippen molar-refractivity contribution in [3.05, 3.63) is 59.9 Å². The Morgan fingerprint density at radius 2 is 1.83 bits per heavy atom. The number of benzene rings is 2. The fourth-order valence-corrected chi connectivity index (χ4v) is 4.90. The normalized spacial score (nSPS) is 16.3. The third kappa shape index (κ3) is 5.62. The third-order valence-corrected chi connectivity index (χ3v) is 6.88. The number of nitrogens with zero attached hydrogens (tertiary/aromatic N) is 1. The van der Waals surface area contributed by atoms with Gasteiger partial charge in [-0.25, -0.2) is 12.8 Å². The Kier molecular flexibility index (Phi) is 7.00. The van der Waals surface area contributed by atoms with E-state index < -0.39 is 10.0 Å². The maximum atomic E-state index is 13.3. The molecule has 0 aromatic heterocycles. The van der Waals surface area contributed by atoms with Gasteiger partial charge in [-0.05, 0) is 55.7 Å². The molecule has 3 rings (SSSR count). The van der Waals surface area contributed by atoms with Crippen LogP contribution in [0.15, 0.2) is 53.4 Å². The second-order valence-corrected chi connectivity index (χ2v) is 9.14. The molecule has 2 aromatic carbocycles. The molecule has 29 heavy (non-hydrogen) atoms. The predicted molar refractivity (Wildman–Crippen MR) is 110 cm³/mol. The summed E-state index contributed by atoms with van der Waals surface area (Å²) in [6.07, 6.45) is 2.78. The standard InChI is InChI=1S/C21H26FN3O3S/c1-16(17-7-5-8-18(22)13-17)23-15-21(26)24-19-9-6-10-20(14-19)29(27,28)25-11-3-2-4-12-25/h5-10,13-14,16,23H,2-4,11-12,15H2,1H3,(H,24,26). The smallest absolute Gasteiger partial charge is 0.243 e. The average Bonchev–Trinajstić information content (AvgIpc) is 2.73. The van der Waals surface area contributed by atoms with Gasteiger partial charge in [0.15, 0.2) is 0 Å². The van der Waals surface area contributed by atoms with Gasteiger partial charge < -0.3 is 10.6 Å². The number of piperidine rings is 1. The summed E-state index contributed by atoms with van der Waals surface area (Å²) in [6.45, 7) is 2.91. The number of carbonyl (C=O) groups excluding carboxylic acids is 1. The van der Waals surface area contributed by atoms with Gasteiger partial charge in [0.1, 0.15) is 5.82 Å². The minimum Gasteiger partial charge on any atom is -0.325 e. The lowest BCUT2D eigenvalue weighted by Gasteiger charge is -2.26. The predicted octanol–water partition coefficient (Wildman–Crippen LogP) is 3.29. The summed E-state index contributed by atoms with van der Waals surface area (Å²) in [7, 11) is -3.56. The summed E-state index contributed by atoms with van der Waals surface area (Å²) in [5.41, 5.74) is 1.17. The van der Waals surface area contributed by atoms with Crippen molar-refractivity contribution in [2.75, 3.05) is 25.0 Å². The monoisotopic (exact) mass is 419 g/mol. The van der Waals surface area contributed by atoms with Crippen LogP contribution in [0.4, 0.5) is 10.1 Å². The van der Waals surface area contributed by atoms with Gasteiger partial charge in [-0.2, -0.15) is 4.31 Å². The molecule has 8 heteroatoms. The first kappa shape index (κ1) is 21.4. The first-order valence-corrected chi connectivity index (χ1v) is 11.2. The molecule has 0 bridgehead atoms. The van der Waals surface area contributed by atoms with Gasteiger partial charge in [0, 0.05) is 24.8 Å². The van der Waals surface area contributed by atoms with Crippen molar-refractivity contribution in [2.45, 2.75) is 37.1 Å². The van der Waals surface area contributed by atoms with Crippen LogP contribution in [0.5, 0.6) is 0 Å². The van der Waals surface area contributed by atoms with E-state index in [-0.39, 0.29) is 29.2 Å². The molecule has 0 spiro atoms. The number of amides is 1. The topological polar surface area (TPSA) is 78.5 Å². The number of rotatable bonds is 7. The molecule has 1 aliphatic rings. The van der Waals surface area contributed by atoms with Gasteiger partial charge in [0.25, 0.3) is 0 Å². The van der Waals surface area contributed by atoms with Crippen LogP contribution >= 0.6 is 0 Å². The molecule has 1 saturated heterocycles. The molecular formula is C21H26FN3O3S. The average molecular weight is 420 g/mol. The molecular weight excluding hydrogens is 393 g/mol. The number of sulfonamides is 1. The lowest BCUT2D eigenvalue weighted by Crippen LogP contribution is -2.35. The Labute approximate surface area is 171 Å². The fraction of sp³-hybridized carbons (Fsp3) is 0.381. The summed E-state index contributed by atoms with van der Waals surface area (Å²) < 4.78 is 40.4. The first-order valence-electron chi connectivity index (χ1n) is 9.75. The van der Waals surface area contributed by atoms with Gasteiger partial charge in [-0.3, -0.25) is 4.79 Å². The maximum absolute atomic E-state index is 13.3. The molecule has 1 unspecified atom stereocenters. The molecule has 6 nitrogen and oxygen atoms in total. The van der Waals surface area contributed by atoms with Crippen LogP contribution < -0.4 is 10.6 Å². The third-order valence-electron chi connectivity index (χ3n) is 4.99. The molecule has 1 amide bonds. The van der Waals surface area contributed by atoms with Crippen LogP contribution in [0.2, 0.25) is 0 Å². The van der Waals surface area contributed by atoms with E-state index in [1.165, 1.54) is 22.5 Å². The molecule has 2 N–H and O–H groups in total. The second kappa shape index (κ2) is 9.47. The van der Waals surface area contributed by atoms with E-state index in [2.05, 4.69) is 10.6 Å². The van der Waals surface area contributed by atoms with Crippen molar-refractivity contribution in [2.24, 2.45) is 0 Å². The van der Waals surface area contributed by atoms with E-state index in [4.69, 9.17) is 0 Å². The van der Waals surface area contributed by atoms with Gasteiger partial charge in [0.05, 0.1) is 11.4 Å². The largest absolute Gasteiger partial charge is 0.325 e. The van der Waals surface area contributed by atoms with Crippen LogP contribution in [0.25, 0.3) is 0 Å².